The second-order valence-electron chi connectivity index (χ2n) is 9.35. The van der Waals surface area contributed by atoms with E-state index in [0.29, 0.717) is 0 Å². The van der Waals surface area contributed by atoms with Crippen LogP contribution in [0.1, 0.15) is 82.4 Å². The third-order valence-corrected chi connectivity index (χ3v) is 6.82. The predicted molar refractivity (Wildman–Crippen MR) is 105 cm³/mol. The first-order valence-corrected chi connectivity index (χ1v) is 9.74. The highest BCUT2D eigenvalue weighted by atomic mass is 16.5. The van der Waals surface area contributed by atoms with E-state index in [-0.39, 0.29) is 16.7 Å². The SMILES string of the molecule is COC1(C=CC(=O)O)CCCC1c1ccc2c(c1)C(C)(C)CCC2(C)C. The second kappa shape index (κ2) is 6.53. The zero-order chi connectivity index (χ0) is 19.2. The van der Waals surface area contributed by atoms with Crippen molar-refractivity contribution < 1.29 is 14.6 Å². The molecule has 0 radical (unpaired) electrons. The standard InChI is InChI=1S/C23H32O3/c1-21(2)13-14-22(3,4)19-15-16(8-9-18(19)21)17-7-6-11-23(17,26-5)12-10-20(24)25/h8-10,12,15,17H,6-7,11,13-14H2,1-5H3,(H,24,25). The first-order valence-electron chi connectivity index (χ1n) is 9.74. The van der Waals surface area contributed by atoms with E-state index in [4.69, 9.17) is 9.84 Å². The van der Waals surface area contributed by atoms with E-state index in [1.165, 1.54) is 35.6 Å². The average Bonchev–Trinajstić information content (AvgIpc) is 3.01. The van der Waals surface area contributed by atoms with Gasteiger partial charge in [0.25, 0.3) is 0 Å². The summed E-state index contributed by atoms with van der Waals surface area (Å²) in [6, 6.07) is 6.94. The third kappa shape index (κ3) is 3.22. The molecule has 3 rings (SSSR count). The van der Waals surface area contributed by atoms with Crippen molar-refractivity contribution in [3.63, 3.8) is 0 Å². The summed E-state index contributed by atoms with van der Waals surface area (Å²) in [6.45, 7) is 9.36. The lowest BCUT2D eigenvalue weighted by atomic mass is 9.62. The lowest BCUT2D eigenvalue weighted by molar-refractivity contribution is -0.131. The van der Waals surface area contributed by atoms with Crippen LogP contribution in [-0.2, 0) is 20.4 Å². The molecule has 1 N–H and O–H groups in total. The largest absolute Gasteiger partial charge is 0.478 e. The van der Waals surface area contributed by atoms with Crippen LogP contribution in [0.5, 0.6) is 0 Å². The number of carboxylic acids is 1. The van der Waals surface area contributed by atoms with Crippen molar-refractivity contribution in [2.24, 2.45) is 0 Å². The summed E-state index contributed by atoms with van der Waals surface area (Å²) in [5, 5.41) is 9.08. The zero-order valence-electron chi connectivity index (χ0n) is 16.8. The Bertz CT molecular complexity index is 729. The Morgan fingerprint density at radius 2 is 1.77 bits per heavy atom. The van der Waals surface area contributed by atoms with Crippen LogP contribution in [0.2, 0.25) is 0 Å². The summed E-state index contributed by atoms with van der Waals surface area (Å²) in [5.41, 5.74) is 4.06. The van der Waals surface area contributed by atoms with Crippen molar-refractivity contribution in [2.45, 2.75) is 82.1 Å². The van der Waals surface area contributed by atoms with Crippen LogP contribution in [0, 0.1) is 0 Å². The molecule has 0 saturated heterocycles. The minimum Gasteiger partial charge on any atom is -0.478 e. The normalized spacial score (nSPS) is 29.7. The van der Waals surface area contributed by atoms with Crippen LogP contribution in [0.4, 0.5) is 0 Å². The molecule has 0 aliphatic heterocycles. The number of rotatable bonds is 4. The molecule has 1 aromatic carbocycles. The molecular weight excluding hydrogens is 324 g/mol. The molecule has 2 aliphatic carbocycles. The van der Waals surface area contributed by atoms with Gasteiger partial charge < -0.3 is 9.84 Å². The number of carbonyl (C=O) groups is 1. The highest BCUT2D eigenvalue weighted by molar-refractivity contribution is 5.80. The molecule has 0 amide bonds. The van der Waals surface area contributed by atoms with Gasteiger partial charge in [-0.3, -0.25) is 0 Å². The van der Waals surface area contributed by atoms with E-state index in [1.54, 1.807) is 13.2 Å². The molecule has 142 valence electrons. The van der Waals surface area contributed by atoms with Gasteiger partial charge in [-0.15, -0.1) is 0 Å². The lowest BCUT2D eigenvalue weighted by Crippen LogP contribution is -2.35. The molecule has 0 heterocycles. The topological polar surface area (TPSA) is 46.5 Å². The zero-order valence-corrected chi connectivity index (χ0v) is 16.8. The minimum absolute atomic E-state index is 0.173. The van der Waals surface area contributed by atoms with Crippen molar-refractivity contribution >= 4 is 5.97 Å². The Morgan fingerprint density at radius 1 is 1.12 bits per heavy atom. The summed E-state index contributed by atoms with van der Waals surface area (Å²) in [5.74, 6) is -0.713. The van der Waals surface area contributed by atoms with Crippen molar-refractivity contribution in [1.29, 1.82) is 0 Å². The van der Waals surface area contributed by atoms with Gasteiger partial charge in [0, 0.05) is 19.1 Å². The van der Waals surface area contributed by atoms with Gasteiger partial charge in [0.15, 0.2) is 0 Å². The molecule has 26 heavy (non-hydrogen) atoms. The van der Waals surface area contributed by atoms with Crippen LogP contribution in [0.3, 0.4) is 0 Å². The number of hydrogen-bond acceptors (Lipinski definition) is 2. The number of fused-ring (bicyclic) bond motifs is 1. The van der Waals surface area contributed by atoms with E-state index in [9.17, 15) is 4.79 Å². The molecule has 1 aromatic rings. The van der Waals surface area contributed by atoms with Crippen molar-refractivity contribution in [2.75, 3.05) is 7.11 Å². The van der Waals surface area contributed by atoms with Gasteiger partial charge in [-0.05, 0) is 65.7 Å². The Balaban J connectivity index is 2.06. The van der Waals surface area contributed by atoms with Crippen LogP contribution < -0.4 is 0 Å². The minimum atomic E-state index is -0.916. The predicted octanol–water partition coefficient (Wildman–Crippen LogP) is 5.33. The Labute approximate surface area is 157 Å². The van der Waals surface area contributed by atoms with Crippen molar-refractivity contribution in [3.8, 4) is 0 Å². The van der Waals surface area contributed by atoms with Gasteiger partial charge in [-0.2, -0.15) is 0 Å². The van der Waals surface area contributed by atoms with E-state index in [1.807, 2.05) is 0 Å². The molecule has 2 aliphatic rings. The van der Waals surface area contributed by atoms with Crippen LogP contribution >= 0.6 is 0 Å². The Kier molecular flexibility index (Phi) is 4.81. The van der Waals surface area contributed by atoms with Gasteiger partial charge in [0.1, 0.15) is 0 Å². The van der Waals surface area contributed by atoms with E-state index < -0.39 is 11.6 Å². The molecular formula is C23H32O3. The van der Waals surface area contributed by atoms with E-state index in [2.05, 4.69) is 45.9 Å². The molecule has 2 atom stereocenters. The van der Waals surface area contributed by atoms with Crippen molar-refractivity contribution in [1.82, 2.24) is 0 Å². The van der Waals surface area contributed by atoms with E-state index >= 15 is 0 Å². The first kappa shape index (κ1) is 19.2. The number of aliphatic carboxylic acids is 1. The highest BCUT2D eigenvalue weighted by Crippen LogP contribution is 2.50. The molecule has 0 aromatic heterocycles. The lowest BCUT2D eigenvalue weighted by Gasteiger charge is -2.42. The molecule has 3 nitrogen and oxygen atoms in total. The fourth-order valence-electron chi connectivity index (χ4n) is 5.00. The maximum atomic E-state index is 11.1. The van der Waals surface area contributed by atoms with Crippen LogP contribution in [0.15, 0.2) is 30.4 Å². The summed E-state index contributed by atoms with van der Waals surface area (Å²) < 4.78 is 5.90. The van der Waals surface area contributed by atoms with Gasteiger partial charge in [0.2, 0.25) is 0 Å². The third-order valence-electron chi connectivity index (χ3n) is 6.82. The highest BCUT2D eigenvalue weighted by Gasteiger charge is 2.43. The molecule has 0 bridgehead atoms. The summed E-state index contributed by atoms with van der Waals surface area (Å²) in [4.78, 5) is 11.1. The number of carboxylic acid groups (broad SMARTS) is 1. The maximum Gasteiger partial charge on any atom is 0.328 e. The van der Waals surface area contributed by atoms with Crippen molar-refractivity contribution in [3.05, 3.63) is 47.0 Å². The summed E-state index contributed by atoms with van der Waals surface area (Å²) >= 11 is 0. The molecule has 2 unspecified atom stereocenters. The van der Waals surface area contributed by atoms with Crippen LogP contribution in [-0.4, -0.2) is 23.8 Å². The molecule has 1 saturated carbocycles. The smallest absolute Gasteiger partial charge is 0.328 e. The fourth-order valence-corrected chi connectivity index (χ4v) is 5.00. The fraction of sp³-hybridized carbons (Fsp3) is 0.609. The maximum absolute atomic E-state index is 11.1. The van der Waals surface area contributed by atoms with Gasteiger partial charge in [0.05, 0.1) is 5.60 Å². The molecule has 0 spiro atoms. The van der Waals surface area contributed by atoms with Gasteiger partial charge >= 0.3 is 5.97 Å². The second-order valence-corrected chi connectivity index (χ2v) is 9.35. The molecule has 3 heteroatoms. The number of ether oxygens (including phenoxy) is 1. The monoisotopic (exact) mass is 356 g/mol. The Morgan fingerprint density at radius 3 is 2.38 bits per heavy atom. The van der Waals surface area contributed by atoms with Gasteiger partial charge in [-0.25, -0.2) is 4.79 Å². The van der Waals surface area contributed by atoms with E-state index in [0.717, 1.165) is 19.3 Å². The first-order chi connectivity index (χ1) is 12.1. The molecule has 1 fully saturated rings. The summed E-state index contributed by atoms with van der Waals surface area (Å²) in [7, 11) is 1.70. The number of methoxy groups -OCH3 is 1. The quantitative estimate of drug-likeness (QED) is 0.742. The number of hydrogen-bond donors (Lipinski definition) is 1. The average molecular weight is 357 g/mol. The summed E-state index contributed by atoms with van der Waals surface area (Å²) in [6.07, 6.45) is 8.35. The van der Waals surface area contributed by atoms with Crippen LogP contribution in [0.25, 0.3) is 0 Å². The van der Waals surface area contributed by atoms with Gasteiger partial charge in [-0.1, -0.05) is 45.9 Å². The number of benzene rings is 1. The Hall–Kier alpha value is -1.61.